The molecule has 0 atom stereocenters. The fourth-order valence-corrected chi connectivity index (χ4v) is 1.36. The first kappa shape index (κ1) is 14.9. The maximum atomic E-state index is 11.6. The van der Waals surface area contributed by atoms with Gasteiger partial charge in [0.05, 0.1) is 17.2 Å². The van der Waals surface area contributed by atoms with Gasteiger partial charge in [-0.3, -0.25) is 15.1 Å². The largest absolute Gasteiger partial charge is 0.444 e. The van der Waals surface area contributed by atoms with E-state index in [1.54, 1.807) is 20.8 Å². The van der Waals surface area contributed by atoms with Gasteiger partial charge in [0.25, 0.3) is 0 Å². The lowest BCUT2D eigenvalue weighted by molar-refractivity contribution is -0.414. The summed E-state index contributed by atoms with van der Waals surface area (Å²) in [4.78, 5) is 26.9. The van der Waals surface area contributed by atoms with E-state index in [0.29, 0.717) is 13.1 Å². The SMILES string of the molecule is CC(C)(C)OC(=O)N1CC(N=C/C(=C\N)[N+](=O)[O-])C1. The molecule has 0 unspecified atom stereocenters. The Balaban J connectivity index is 2.40. The first-order valence-electron chi connectivity index (χ1n) is 5.80. The average molecular weight is 270 g/mol. The van der Waals surface area contributed by atoms with E-state index >= 15 is 0 Å². The van der Waals surface area contributed by atoms with Crippen molar-refractivity contribution in [3.05, 3.63) is 22.0 Å². The number of nitrogens with two attached hydrogens (primary N) is 1. The molecule has 0 spiro atoms. The number of hydrogen-bond acceptors (Lipinski definition) is 6. The van der Waals surface area contributed by atoms with Gasteiger partial charge in [-0.25, -0.2) is 4.79 Å². The molecule has 0 aromatic heterocycles. The Morgan fingerprint density at radius 1 is 1.53 bits per heavy atom. The van der Waals surface area contributed by atoms with Crippen molar-refractivity contribution in [2.45, 2.75) is 32.4 Å². The molecular formula is C11H18N4O4. The predicted octanol–water partition coefficient (Wildman–Crippen LogP) is 0.753. The fraction of sp³-hybridized carbons (Fsp3) is 0.636. The van der Waals surface area contributed by atoms with Crippen LogP contribution in [0.15, 0.2) is 16.9 Å². The van der Waals surface area contributed by atoms with Crippen LogP contribution in [-0.4, -0.2) is 46.9 Å². The summed E-state index contributed by atoms with van der Waals surface area (Å²) in [5.41, 5.74) is 4.28. The summed E-state index contributed by atoms with van der Waals surface area (Å²) in [7, 11) is 0. The molecule has 8 nitrogen and oxygen atoms in total. The molecular weight excluding hydrogens is 252 g/mol. The lowest BCUT2D eigenvalue weighted by atomic mass is 10.1. The van der Waals surface area contributed by atoms with Crippen LogP contribution in [0.1, 0.15) is 20.8 Å². The van der Waals surface area contributed by atoms with E-state index in [-0.39, 0.29) is 11.7 Å². The van der Waals surface area contributed by atoms with Crippen molar-refractivity contribution in [1.29, 1.82) is 0 Å². The molecule has 1 fully saturated rings. The molecule has 1 heterocycles. The van der Waals surface area contributed by atoms with Crippen molar-refractivity contribution in [3.8, 4) is 0 Å². The van der Waals surface area contributed by atoms with Crippen LogP contribution in [0.2, 0.25) is 0 Å². The van der Waals surface area contributed by atoms with Gasteiger partial charge < -0.3 is 15.4 Å². The predicted molar refractivity (Wildman–Crippen MR) is 69.4 cm³/mol. The van der Waals surface area contributed by atoms with E-state index in [1.807, 2.05) is 0 Å². The zero-order valence-electron chi connectivity index (χ0n) is 11.2. The summed E-state index contributed by atoms with van der Waals surface area (Å²) >= 11 is 0. The van der Waals surface area contributed by atoms with Gasteiger partial charge in [0.15, 0.2) is 0 Å². The summed E-state index contributed by atoms with van der Waals surface area (Å²) in [6.45, 7) is 6.14. The number of likely N-dealkylation sites (tertiary alicyclic amines) is 1. The maximum Gasteiger partial charge on any atom is 0.410 e. The Hall–Kier alpha value is -2.12. The van der Waals surface area contributed by atoms with Gasteiger partial charge in [0.2, 0.25) is 0 Å². The van der Waals surface area contributed by atoms with Crippen LogP contribution in [-0.2, 0) is 4.74 Å². The van der Waals surface area contributed by atoms with Crippen LogP contribution in [0.5, 0.6) is 0 Å². The number of nitro groups is 1. The Morgan fingerprint density at radius 2 is 2.11 bits per heavy atom. The number of nitrogens with zero attached hydrogens (tertiary/aromatic N) is 3. The van der Waals surface area contributed by atoms with Gasteiger partial charge in [-0.2, -0.15) is 0 Å². The van der Waals surface area contributed by atoms with Crippen LogP contribution in [0.3, 0.4) is 0 Å². The molecule has 0 saturated carbocycles. The molecule has 8 heteroatoms. The highest BCUT2D eigenvalue weighted by Gasteiger charge is 2.33. The molecule has 1 amide bonds. The molecule has 0 aromatic carbocycles. The smallest absolute Gasteiger partial charge is 0.410 e. The minimum absolute atomic E-state index is 0.151. The number of hydrogen-bond donors (Lipinski definition) is 1. The molecule has 106 valence electrons. The number of amides is 1. The number of allylic oxidation sites excluding steroid dienone is 1. The van der Waals surface area contributed by atoms with E-state index < -0.39 is 16.6 Å². The Bertz CT molecular complexity index is 419. The first-order valence-corrected chi connectivity index (χ1v) is 5.80. The van der Waals surface area contributed by atoms with Crippen molar-refractivity contribution < 1.29 is 14.5 Å². The van der Waals surface area contributed by atoms with Crippen LogP contribution >= 0.6 is 0 Å². The van der Waals surface area contributed by atoms with Gasteiger partial charge in [0, 0.05) is 13.1 Å². The molecule has 1 saturated heterocycles. The van der Waals surface area contributed by atoms with Crippen LogP contribution in [0.25, 0.3) is 0 Å². The standard InChI is InChI=1S/C11H18N4O4/c1-11(2,3)19-10(16)14-6-8(7-14)13-5-9(4-12)15(17)18/h4-5,8H,6-7,12H2,1-3H3/b9-4+,13-5?. The lowest BCUT2D eigenvalue weighted by Crippen LogP contribution is -2.54. The quantitative estimate of drug-likeness (QED) is 0.462. The van der Waals surface area contributed by atoms with Crippen LogP contribution < -0.4 is 5.73 Å². The third-order valence-corrected chi connectivity index (χ3v) is 2.31. The summed E-state index contributed by atoms with van der Waals surface area (Å²) in [6.07, 6.45) is 1.59. The average Bonchev–Trinajstić information content (AvgIpc) is 2.17. The number of carbonyl (C=O) groups is 1. The second-order valence-corrected chi connectivity index (χ2v) is 5.17. The highest BCUT2D eigenvalue weighted by Crippen LogP contribution is 2.16. The van der Waals surface area contributed by atoms with Crippen molar-refractivity contribution >= 4 is 12.3 Å². The minimum atomic E-state index is -0.617. The zero-order valence-corrected chi connectivity index (χ0v) is 11.2. The molecule has 0 aromatic rings. The van der Waals surface area contributed by atoms with Crippen molar-refractivity contribution in [3.63, 3.8) is 0 Å². The van der Waals surface area contributed by atoms with Crippen LogP contribution in [0, 0.1) is 10.1 Å². The van der Waals surface area contributed by atoms with E-state index in [9.17, 15) is 14.9 Å². The molecule has 1 rings (SSSR count). The summed E-state index contributed by atoms with van der Waals surface area (Å²) in [5, 5.41) is 10.5. The van der Waals surface area contributed by atoms with E-state index in [1.165, 1.54) is 4.90 Å². The number of aliphatic imine (C=N–C) groups is 1. The fourth-order valence-electron chi connectivity index (χ4n) is 1.36. The highest BCUT2D eigenvalue weighted by molar-refractivity contribution is 5.75. The third kappa shape index (κ3) is 4.57. The summed E-state index contributed by atoms with van der Waals surface area (Å²) in [5.74, 6) is 0. The topological polar surface area (TPSA) is 111 Å². The second-order valence-electron chi connectivity index (χ2n) is 5.17. The van der Waals surface area contributed by atoms with Gasteiger partial charge in [-0.1, -0.05) is 0 Å². The van der Waals surface area contributed by atoms with E-state index in [2.05, 4.69) is 4.99 Å². The van der Waals surface area contributed by atoms with Crippen LogP contribution in [0.4, 0.5) is 4.79 Å². The highest BCUT2D eigenvalue weighted by atomic mass is 16.6. The van der Waals surface area contributed by atoms with E-state index in [0.717, 1.165) is 12.4 Å². The minimum Gasteiger partial charge on any atom is -0.444 e. The lowest BCUT2D eigenvalue weighted by Gasteiger charge is -2.37. The third-order valence-electron chi connectivity index (χ3n) is 2.31. The van der Waals surface area contributed by atoms with Gasteiger partial charge in [-0.15, -0.1) is 0 Å². The Labute approximate surface area is 111 Å². The van der Waals surface area contributed by atoms with Crippen molar-refractivity contribution in [2.24, 2.45) is 10.7 Å². The zero-order chi connectivity index (χ0) is 14.6. The molecule has 2 N–H and O–H groups in total. The first-order chi connectivity index (χ1) is 8.73. The molecule has 0 radical (unpaired) electrons. The number of carbonyl (C=O) groups excluding carboxylic acids is 1. The number of ether oxygens (including phenoxy) is 1. The Kier molecular flexibility index (Phi) is 4.47. The monoisotopic (exact) mass is 270 g/mol. The molecule has 1 aliphatic heterocycles. The summed E-state index contributed by atoms with van der Waals surface area (Å²) in [6, 6.07) is -0.151. The number of rotatable bonds is 3. The molecule has 19 heavy (non-hydrogen) atoms. The molecule has 1 aliphatic rings. The van der Waals surface area contributed by atoms with Gasteiger partial charge in [0.1, 0.15) is 11.8 Å². The molecule has 0 aliphatic carbocycles. The van der Waals surface area contributed by atoms with Gasteiger partial charge >= 0.3 is 11.8 Å². The summed E-state index contributed by atoms with van der Waals surface area (Å²) < 4.78 is 5.17. The second kappa shape index (κ2) is 5.68. The maximum absolute atomic E-state index is 11.6. The van der Waals surface area contributed by atoms with E-state index in [4.69, 9.17) is 10.5 Å². The molecule has 0 bridgehead atoms. The van der Waals surface area contributed by atoms with Crippen molar-refractivity contribution in [1.82, 2.24) is 4.90 Å². The van der Waals surface area contributed by atoms with Crippen molar-refractivity contribution in [2.75, 3.05) is 13.1 Å². The normalized spacial score (nSPS) is 17.4. The van der Waals surface area contributed by atoms with Gasteiger partial charge in [-0.05, 0) is 20.8 Å². The Morgan fingerprint density at radius 3 is 2.53 bits per heavy atom.